The summed E-state index contributed by atoms with van der Waals surface area (Å²) in [4.78, 5) is 7.50. The Balaban J connectivity index is 2.46. The highest BCUT2D eigenvalue weighted by molar-refractivity contribution is 5.38. The molecule has 0 aliphatic rings. The molecule has 2 rings (SSSR count). The highest BCUT2D eigenvalue weighted by Gasteiger charge is 2.14. The Morgan fingerprint density at radius 1 is 1.20 bits per heavy atom. The van der Waals surface area contributed by atoms with Crippen molar-refractivity contribution in [1.82, 2.24) is 9.97 Å². The molecule has 0 aliphatic carbocycles. The van der Waals surface area contributed by atoms with E-state index in [1.807, 2.05) is 6.20 Å². The summed E-state index contributed by atoms with van der Waals surface area (Å²) in [5.41, 5.74) is 4.05. The van der Waals surface area contributed by atoms with Gasteiger partial charge in [-0.1, -0.05) is 25.1 Å². The van der Waals surface area contributed by atoms with Crippen molar-refractivity contribution in [3.63, 3.8) is 0 Å². The normalized spacial score (nSPS) is 12.7. The first-order chi connectivity index (χ1) is 7.20. The van der Waals surface area contributed by atoms with E-state index in [4.69, 9.17) is 0 Å². The highest BCUT2D eigenvalue weighted by atomic mass is 14.9. The molecule has 78 valence electrons. The molecule has 0 amide bonds. The minimum atomic E-state index is 0.334. The maximum atomic E-state index is 4.32. The zero-order valence-corrected chi connectivity index (χ0v) is 9.41. The first-order valence-electron chi connectivity index (χ1n) is 5.25. The van der Waals surface area contributed by atoms with Crippen LogP contribution in [-0.4, -0.2) is 9.97 Å². The van der Waals surface area contributed by atoms with E-state index in [0.717, 1.165) is 5.82 Å². The molecule has 0 unspecified atom stereocenters. The zero-order chi connectivity index (χ0) is 10.8. The summed E-state index contributed by atoms with van der Waals surface area (Å²) < 4.78 is 0. The summed E-state index contributed by atoms with van der Waals surface area (Å²) in [6.45, 7) is 6.50. The summed E-state index contributed by atoms with van der Waals surface area (Å²) in [6.07, 6.45) is 3.68. The van der Waals surface area contributed by atoms with Gasteiger partial charge >= 0.3 is 0 Å². The smallest absolute Gasteiger partial charge is 0.113 e. The van der Waals surface area contributed by atoms with Gasteiger partial charge in [0.1, 0.15) is 5.82 Å². The van der Waals surface area contributed by atoms with Crippen LogP contribution in [0.25, 0.3) is 0 Å². The molecule has 1 N–H and O–H groups in total. The van der Waals surface area contributed by atoms with Crippen LogP contribution in [-0.2, 0) is 0 Å². The highest BCUT2D eigenvalue weighted by Crippen LogP contribution is 2.26. The zero-order valence-electron chi connectivity index (χ0n) is 9.41. The molecule has 1 heterocycles. The van der Waals surface area contributed by atoms with Crippen molar-refractivity contribution in [2.45, 2.75) is 26.7 Å². The number of benzene rings is 1. The second kappa shape index (κ2) is 3.89. The van der Waals surface area contributed by atoms with Crippen molar-refractivity contribution in [1.29, 1.82) is 0 Å². The maximum absolute atomic E-state index is 4.32. The summed E-state index contributed by atoms with van der Waals surface area (Å²) in [6, 6.07) is 6.41. The van der Waals surface area contributed by atoms with Crippen LogP contribution in [0.15, 0.2) is 30.6 Å². The minimum Gasteiger partial charge on any atom is -0.348 e. The van der Waals surface area contributed by atoms with E-state index in [2.05, 4.69) is 48.9 Å². The van der Waals surface area contributed by atoms with Crippen LogP contribution in [0.5, 0.6) is 0 Å². The van der Waals surface area contributed by atoms with Gasteiger partial charge in [-0.2, -0.15) is 0 Å². The average Bonchev–Trinajstić information content (AvgIpc) is 2.69. The van der Waals surface area contributed by atoms with Crippen LogP contribution < -0.4 is 0 Å². The number of rotatable bonds is 2. The Kier molecular flexibility index (Phi) is 2.58. The van der Waals surface area contributed by atoms with E-state index < -0.39 is 0 Å². The molecule has 1 aromatic heterocycles. The van der Waals surface area contributed by atoms with E-state index >= 15 is 0 Å². The molecule has 0 aliphatic heterocycles. The van der Waals surface area contributed by atoms with Crippen LogP contribution in [0.3, 0.4) is 0 Å². The van der Waals surface area contributed by atoms with Crippen molar-refractivity contribution in [3.8, 4) is 0 Å². The minimum absolute atomic E-state index is 0.334. The van der Waals surface area contributed by atoms with Gasteiger partial charge in [0.25, 0.3) is 0 Å². The number of imidazole rings is 1. The number of hydrogen-bond donors (Lipinski definition) is 1. The molecular weight excluding hydrogens is 184 g/mol. The summed E-state index contributed by atoms with van der Waals surface area (Å²) in [5, 5.41) is 0. The van der Waals surface area contributed by atoms with Crippen LogP contribution in [0.1, 0.15) is 35.4 Å². The summed E-state index contributed by atoms with van der Waals surface area (Å²) >= 11 is 0. The molecule has 15 heavy (non-hydrogen) atoms. The van der Waals surface area contributed by atoms with E-state index in [1.165, 1.54) is 16.7 Å². The van der Waals surface area contributed by atoms with Crippen LogP contribution in [0, 0.1) is 13.8 Å². The maximum Gasteiger partial charge on any atom is 0.113 e. The molecule has 2 nitrogen and oxygen atoms in total. The third-order valence-electron chi connectivity index (χ3n) is 2.90. The van der Waals surface area contributed by atoms with Gasteiger partial charge in [0.15, 0.2) is 0 Å². The molecule has 1 aromatic carbocycles. The molecule has 0 saturated heterocycles. The van der Waals surface area contributed by atoms with E-state index in [1.54, 1.807) is 6.20 Å². The lowest BCUT2D eigenvalue weighted by atomic mass is 9.92. The van der Waals surface area contributed by atoms with Crippen molar-refractivity contribution < 1.29 is 0 Å². The molecule has 2 heteroatoms. The lowest BCUT2D eigenvalue weighted by molar-refractivity contribution is 0.824. The van der Waals surface area contributed by atoms with Crippen molar-refractivity contribution >= 4 is 0 Å². The summed E-state index contributed by atoms with van der Waals surface area (Å²) in [5.74, 6) is 1.37. The Bertz CT molecular complexity index is 423. The Morgan fingerprint density at radius 3 is 2.40 bits per heavy atom. The van der Waals surface area contributed by atoms with Gasteiger partial charge in [0.05, 0.1) is 0 Å². The monoisotopic (exact) mass is 200 g/mol. The fraction of sp³-hybridized carbons (Fsp3) is 0.308. The fourth-order valence-corrected chi connectivity index (χ4v) is 2.16. The van der Waals surface area contributed by atoms with Gasteiger partial charge in [0, 0.05) is 18.3 Å². The Labute approximate surface area is 90.4 Å². The van der Waals surface area contributed by atoms with Crippen molar-refractivity contribution in [2.75, 3.05) is 0 Å². The van der Waals surface area contributed by atoms with Crippen molar-refractivity contribution in [2.24, 2.45) is 0 Å². The SMILES string of the molecule is Cc1cccc(C)c1[C@@H](C)c1ncc[nH]1. The van der Waals surface area contributed by atoms with E-state index in [-0.39, 0.29) is 0 Å². The molecule has 0 fully saturated rings. The predicted molar refractivity (Wildman–Crippen MR) is 62.0 cm³/mol. The number of nitrogens with zero attached hydrogens (tertiary/aromatic N) is 1. The molecule has 0 radical (unpaired) electrons. The second-order valence-electron chi connectivity index (χ2n) is 4.00. The number of aromatic nitrogens is 2. The molecule has 0 bridgehead atoms. The summed E-state index contributed by atoms with van der Waals surface area (Å²) in [7, 11) is 0. The van der Waals surface area contributed by atoms with Crippen LogP contribution >= 0.6 is 0 Å². The number of nitrogens with one attached hydrogen (secondary N) is 1. The average molecular weight is 200 g/mol. The molecular formula is C13H16N2. The molecule has 0 spiro atoms. The third-order valence-corrected chi connectivity index (χ3v) is 2.90. The predicted octanol–water partition coefficient (Wildman–Crippen LogP) is 3.18. The number of aromatic amines is 1. The van der Waals surface area contributed by atoms with E-state index in [0.29, 0.717) is 5.92 Å². The van der Waals surface area contributed by atoms with Crippen molar-refractivity contribution in [3.05, 3.63) is 53.1 Å². The third kappa shape index (κ3) is 1.80. The second-order valence-corrected chi connectivity index (χ2v) is 4.00. The number of H-pyrrole nitrogens is 1. The standard InChI is InChI=1S/C13H16N2/c1-9-5-4-6-10(2)12(9)11(3)13-14-7-8-15-13/h4-8,11H,1-3H3,(H,14,15)/t11-/m1/s1. The number of hydrogen-bond acceptors (Lipinski definition) is 1. The quantitative estimate of drug-likeness (QED) is 0.792. The van der Waals surface area contributed by atoms with Gasteiger partial charge in [-0.3, -0.25) is 0 Å². The van der Waals surface area contributed by atoms with E-state index in [9.17, 15) is 0 Å². The molecule has 2 aromatic rings. The molecule has 0 saturated carbocycles. The Hall–Kier alpha value is -1.57. The van der Waals surface area contributed by atoms with Crippen LogP contribution in [0.4, 0.5) is 0 Å². The lowest BCUT2D eigenvalue weighted by Crippen LogP contribution is -2.03. The largest absolute Gasteiger partial charge is 0.348 e. The van der Waals surface area contributed by atoms with Gasteiger partial charge < -0.3 is 4.98 Å². The van der Waals surface area contributed by atoms with Gasteiger partial charge in [-0.25, -0.2) is 4.98 Å². The fourth-order valence-electron chi connectivity index (χ4n) is 2.16. The lowest BCUT2D eigenvalue weighted by Gasteiger charge is -2.15. The first-order valence-corrected chi connectivity index (χ1v) is 5.25. The first kappa shape index (κ1) is 9.97. The van der Waals surface area contributed by atoms with Crippen LogP contribution in [0.2, 0.25) is 0 Å². The van der Waals surface area contributed by atoms with Gasteiger partial charge in [-0.15, -0.1) is 0 Å². The van der Waals surface area contributed by atoms with Gasteiger partial charge in [0.2, 0.25) is 0 Å². The van der Waals surface area contributed by atoms with Gasteiger partial charge in [-0.05, 0) is 30.5 Å². The number of aryl methyl sites for hydroxylation is 2. The topological polar surface area (TPSA) is 28.7 Å². The molecule has 1 atom stereocenters. The Morgan fingerprint density at radius 2 is 1.87 bits per heavy atom.